The SMILES string of the molecule is c1ccc(-c2ccc3c(c2)C[Si]2(C3)c3cc(-c4cccc5ccccc45)ccc3-c3ccc(-c4cccc5ccccc45)cc32)nc1. The summed E-state index contributed by atoms with van der Waals surface area (Å²) in [5.74, 6) is 0. The number of rotatable bonds is 3. The summed E-state index contributed by atoms with van der Waals surface area (Å²) in [6.45, 7) is 0. The van der Waals surface area contributed by atoms with Crippen molar-refractivity contribution in [1.82, 2.24) is 4.98 Å². The lowest BCUT2D eigenvalue weighted by molar-refractivity contribution is 1.30. The summed E-state index contributed by atoms with van der Waals surface area (Å²) < 4.78 is 0. The van der Waals surface area contributed by atoms with Crippen molar-refractivity contribution in [3.05, 3.63) is 175 Å². The Labute approximate surface area is 275 Å². The first kappa shape index (κ1) is 26.6. The molecule has 10 rings (SSSR count). The Kier molecular flexibility index (Phi) is 5.79. The van der Waals surface area contributed by atoms with Crippen molar-refractivity contribution in [2.75, 3.05) is 0 Å². The van der Waals surface area contributed by atoms with Crippen LogP contribution in [0.5, 0.6) is 0 Å². The van der Waals surface area contributed by atoms with Crippen LogP contribution in [-0.4, -0.2) is 13.1 Å². The molecule has 3 heterocycles. The van der Waals surface area contributed by atoms with Crippen LogP contribution >= 0.6 is 0 Å². The van der Waals surface area contributed by atoms with E-state index in [9.17, 15) is 0 Å². The fourth-order valence-corrected chi connectivity index (χ4v) is 14.0. The highest BCUT2D eigenvalue weighted by molar-refractivity contribution is 7.05. The Morgan fingerprint density at radius 2 is 0.957 bits per heavy atom. The van der Waals surface area contributed by atoms with Gasteiger partial charge in [0.1, 0.15) is 8.07 Å². The summed E-state index contributed by atoms with van der Waals surface area (Å²) in [4.78, 5) is 4.69. The molecule has 8 aromatic rings. The smallest absolute Gasteiger partial charge is 0.128 e. The third-order valence-corrected chi connectivity index (χ3v) is 15.6. The molecule has 1 spiro atoms. The monoisotopic (exact) mass is 613 g/mol. The van der Waals surface area contributed by atoms with E-state index in [1.165, 1.54) is 71.6 Å². The van der Waals surface area contributed by atoms with Crippen LogP contribution in [0.3, 0.4) is 0 Å². The van der Waals surface area contributed by atoms with Gasteiger partial charge in [-0.25, -0.2) is 0 Å². The lowest BCUT2D eigenvalue weighted by atomic mass is 9.94. The topological polar surface area (TPSA) is 12.9 Å². The van der Waals surface area contributed by atoms with E-state index >= 15 is 0 Å². The summed E-state index contributed by atoms with van der Waals surface area (Å²) in [5, 5.41) is 8.38. The summed E-state index contributed by atoms with van der Waals surface area (Å²) in [5.41, 5.74) is 13.4. The average molecular weight is 614 g/mol. The zero-order valence-electron chi connectivity index (χ0n) is 25.9. The van der Waals surface area contributed by atoms with Gasteiger partial charge in [0.05, 0.1) is 5.69 Å². The molecule has 7 aromatic carbocycles. The lowest BCUT2D eigenvalue weighted by Crippen LogP contribution is -2.57. The molecule has 0 amide bonds. The summed E-state index contributed by atoms with van der Waals surface area (Å²) in [6, 6.07) is 61.3. The molecule has 1 nitrogen and oxygen atoms in total. The first-order valence-electron chi connectivity index (χ1n) is 16.5. The molecule has 0 N–H and O–H groups in total. The highest BCUT2D eigenvalue weighted by atomic mass is 28.3. The minimum atomic E-state index is -2.22. The molecular formula is C45H31NSi. The van der Waals surface area contributed by atoms with Crippen molar-refractivity contribution in [3.63, 3.8) is 0 Å². The van der Waals surface area contributed by atoms with Crippen molar-refractivity contribution in [2.24, 2.45) is 0 Å². The van der Waals surface area contributed by atoms with E-state index in [0.29, 0.717) is 0 Å². The van der Waals surface area contributed by atoms with Gasteiger partial charge in [0.2, 0.25) is 0 Å². The maximum absolute atomic E-state index is 4.69. The normalized spacial score (nSPS) is 14.0. The molecule has 0 atom stereocenters. The minimum Gasteiger partial charge on any atom is -0.256 e. The van der Waals surface area contributed by atoms with Gasteiger partial charge >= 0.3 is 0 Å². The van der Waals surface area contributed by atoms with Crippen LogP contribution in [0.1, 0.15) is 11.1 Å². The number of hydrogen-bond acceptors (Lipinski definition) is 1. The van der Waals surface area contributed by atoms with Gasteiger partial charge in [-0.1, -0.05) is 140 Å². The Balaban J connectivity index is 1.18. The van der Waals surface area contributed by atoms with E-state index < -0.39 is 8.07 Å². The third kappa shape index (κ3) is 4.05. The minimum absolute atomic E-state index is 1.04. The van der Waals surface area contributed by atoms with Gasteiger partial charge in [-0.15, -0.1) is 0 Å². The third-order valence-electron chi connectivity index (χ3n) is 10.7. The second-order valence-electron chi connectivity index (χ2n) is 13.2. The fourth-order valence-electron chi connectivity index (χ4n) is 8.53. The van der Waals surface area contributed by atoms with Crippen molar-refractivity contribution in [1.29, 1.82) is 0 Å². The molecule has 2 aliphatic heterocycles. The van der Waals surface area contributed by atoms with Crippen LogP contribution in [-0.2, 0) is 12.1 Å². The fraction of sp³-hybridized carbons (Fsp3) is 0.0444. The van der Waals surface area contributed by atoms with Gasteiger partial charge in [-0.3, -0.25) is 4.98 Å². The van der Waals surface area contributed by atoms with E-state index in [0.717, 1.165) is 17.8 Å². The van der Waals surface area contributed by atoms with Crippen molar-refractivity contribution >= 4 is 40.0 Å². The summed E-state index contributed by atoms with van der Waals surface area (Å²) in [6.07, 6.45) is 1.89. The Bertz CT molecular complexity index is 2390. The van der Waals surface area contributed by atoms with E-state index in [-0.39, 0.29) is 0 Å². The first-order chi connectivity index (χ1) is 23.2. The van der Waals surface area contributed by atoms with Crippen molar-refractivity contribution in [3.8, 4) is 44.6 Å². The number of hydrogen-bond donors (Lipinski definition) is 0. The first-order valence-corrected chi connectivity index (χ1v) is 19.0. The largest absolute Gasteiger partial charge is 0.256 e. The number of pyridine rings is 1. The van der Waals surface area contributed by atoms with Gasteiger partial charge in [0, 0.05) is 11.8 Å². The maximum atomic E-state index is 4.69. The number of benzene rings is 7. The van der Waals surface area contributed by atoms with Crippen LogP contribution in [0.2, 0.25) is 0 Å². The zero-order valence-corrected chi connectivity index (χ0v) is 26.9. The Hall–Kier alpha value is -5.57. The number of nitrogens with zero attached hydrogens (tertiary/aromatic N) is 1. The maximum Gasteiger partial charge on any atom is 0.128 e. The lowest BCUT2D eigenvalue weighted by Gasteiger charge is -2.25. The molecule has 2 heteroatoms. The molecule has 0 saturated heterocycles. The highest BCUT2D eigenvalue weighted by Gasteiger charge is 2.49. The molecule has 2 aliphatic rings. The number of fused-ring (bicyclic) bond motifs is 8. The molecule has 0 unspecified atom stereocenters. The standard InChI is InChI=1S/C45H31NSi/c1-3-13-37-30(9-1)11-7-15-39(37)32-20-22-41-42-23-21-33(40-16-8-12-31-10-2-4-14-38(31)40)27-45(42)47(44(41)26-32)28-35-19-18-34(25-36(35)29-47)43-17-5-6-24-46-43/h1-27H,28-29H2. The van der Waals surface area contributed by atoms with Gasteiger partial charge in [0.15, 0.2) is 0 Å². The Morgan fingerprint density at radius 3 is 1.57 bits per heavy atom. The molecule has 0 bridgehead atoms. The van der Waals surface area contributed by atoms with E-state index in [2.05, 4.69) is 157 Å². The number of aromatic nitrogens is 1. The van der Waals surface area contributed by atoms with Gasteiger partial charge in [-0.05, 0) is 107 Å². The van der Waals surface area contributed by atoms with Crippen molar-refractivity contribution in [2.45, 2.75) is 12.1 Å². The summed E-state index contributed by atoms with van der Waals surface area (Å²) in [7, 11) is -2.22. The van der Waals surface area contributed by atoms with Crippen LogP contribution in [0.4, 0.5) is 0 Å². The zero-order chi connectivity index (χ0) is 31.0. The van der Waals surface area contributed by atoms with Crippen LogP contribution in [0.15, 0.2) is 164 Å². The molecule has 0 aliphatic carbocycles. The average Bonchev–Trinajstić information content (AvgIpc) is 3.65. The predicted molar refractivity (Wildman–Crippen MR) is 200 cm³/mol. The predicted octanol–water partition coefficient (Wildman–Crippen LogP) is 9.81. The quantitative estimate of drug-likeness (QED) is 0.181. The second-order valence-corrected chi connectivity index (χ2v) is 17.2. The second kappa shape index (κ2) is 10.2. The molecule has 220 valence electrons. The van der Waals surface area contributed by atoms with Crippen LogP contribution in [0.25, 0.3) is 66.2 Å². The van der Waals surface area contributed by atoms with E-state index in [1.54, 1.807) is 10.4 Å². The van der Waals surface area contributed by atoms with E-state index in [4.69, 9.17) is 0 Å². The van der Waals surface area contributed by atoms with Crippen molar-refractivity contribution < 1.29 is 0 Å². The van der Waals surface area contributed by atoms with E-state index in [1.807, 2.05) is 12.3 Å². The van der Waals surface area contributed by atoms with Gasteiger partial charge in [0.25, 0.3) is 0 Å². The molecule has 47 heavy (non-hydrogen) atoms. The van der Waals surface area contributed by atoms with Crippen LogP contribution < -0.4 is 10.4 Å². The van der Waals surface area contributed by atoms with Crippen LogP contribution in [0, 0.1) is 0 Å². The Morgan fingerprint density at radius 1 is 0.404 bits per heavy atom. The van der Waals surface area contributed by atoms with Gasteiger partial charge in [-0.2, -0.15) is 0 Å². The molecule has 0 saturated carbocycles. The molecule has 0 radical (unpaired) electrons. The summed E-state index contributed by atoms with van der Waals surface area (Å²) >= 11 is 0. The molecular weight excluding hydrogens is 583 g/mol. The molecule has 0 fully saturated rings. The molecule has 1 aromatic heterocycles. The van der Waals surface area contributed by atoms with Gasteiger partial charge < -0.3 is 0 Å². The highest BCUT2D eigenvalue weighted by Crippen LogP contribution is 2.42.